The van der Waals surface area contributed by atoms with Gasteiger partial charge in [-0.1, -0.05) is 0 Å². The van der Waals surface area contributed by atoms with Crippen LogP contribution < -0.4 is 16.7 Å². The Morgan fingerprint density at radius 3 is 3.19 bits per heavy atom. The predicted octanol–water partition coefficient (Wildman–Crippen LogP) is -1.70. The number of morpholine rings is 1. The topological polar surface area (TPSA) is 102 Å². The van der Waals surface area contributed by atoms with Crippen LogP contribution in [0.25, 0.3) is 0 Å². The number of nitrogens with zero attached hydrogens (tertiary/aromatic N) is 2. The summed E-state index contributed by atoms with van der Waals surface area (Å²) in [6.07, 6.45) is 0.784. The normalized spacial score (nSPS) is 25.6. The third kappa shape index (κ3) is 2.21. The van der Waals surface area contributed by atoms with Crippen LogP contribution >= 0.6 is 0 Å². The van der Waals surface area contributed by atoms with Crippen LogP contribution in [0.3, 0.4) is 0 Å². The van der Waals surface area contributed by atoms with Gasteiger partial charge < -0.3 is 20.9 Å². The number of aliphatic hydroxyl groups excluding tert-OH is 1. The molecule has 0 unspecified atom stereocenters. The zero-order valence-electron chi connectivity index (χ0n) is 8.67. The fourth-order valence-corrected chi connectivity index (χ4v) is 1.60. The molecule has 1 aromatic heterocycles. The van der Waals surface area contributed by atoms with E-state index in [1.807, 2.05) is 0 Å². The van der Waals surface area contributed by atoms with E-state index in [-0.39, 0.29) is 18.5 Å². The van der Waals surface area contributed by atoms with Crippen molar-refractivity contribution in [3.8, 4) is 0 Å². The van der Waals surface area contributed by atoms with Crippen molar-refractivity contribution < 1.29 is 9.84 Å². The molecule has 1 aromatic rings. The van der Waals surface area contributed by atoms with Crippen molar-refractivity contribution in [1.29, 1.82) is 0 Å². The highest BCUT2D eigenvalue weighted by Crippen LogP contribution is 2.12. The summed E-state index contributed by atoms with van der Waals surface area (Å²) in [6.45, 7) is 0.993. The lowest BCUT2D eigenvalue weighted by atomic mass is 10.3. The molecule has 1 aliphatic rings. The number of anilines is 1. The molecular formula is C9H14N4O3. The largest absolute Gasteiger partial charge is 0.394 e. The van der Waals surface area contributed by atoms with E-state index in [0.29, 0.717) is 13.1 Å². The summed E-state index contributed by atoms with van der Waals surface area (Å²) in [5.74, 6) is 0.184. The second-order valence-corrected chi connectivity index (χ2v) is 3.60. The van der Waals surface area contributed by atoms with Gasteiger partial charge in [0.1, 0.15) is 5.82 Å². The maximum Gasteiger partial charge on any atom is 0.351 e. The lowest BCUT2D eigenvalue weighted by Gasteiger charge is -2.30. The van der Waals surface area contributed by atoms with E-state index in [2.05, 4.69) is 10.3 Å². The van der Waals surface area contributed by atoms with Gasteiger partial charge in [0, 0.05) is 19.3 Å². The van der Waals surface area contributed by atoms with Gasteiger partial charge in [0.25, 0.3) is 0 Å². The highest BCUT2D eigenvalue weighted by atomic mass is 16.5. The lowest BCUT2D eigenvalue weighted by molar-refractivity contribution is -0.0967. The molecule has 4 N–H and O–H groups in total. The van der Waals surface area contributed by atoms with Gasteiger partial charge in [-0.05, 0) is 6.07 Å². The molecule has 0 spiro atoms. The van der Waals surface area contributed by atoms with Crippen LogP contribution in [0, 0.1) is 0 Å². The molecule has 0 amide bonds. The van der Waals surface area contributed by atoms with Crippen LogP contribution in [-0.2, 0) is 4.74 Å². The summed E-state index contributed by atoms with van der Waals surface area (Å²) in [5, 5.41) is 12.1. The third-order valence-corrected chi connectivity index (χ3v) is 2.41. The molecular weight excluding hydrogens is 212 g/mol. The highest BCUT2D eigenvalue weighted by Gasteiger charge is 2.23. The average Bonchev–Trinajstić information content (AvgIpc) is 2.29. The SMILES string of the molecule is Nc1ccn([C@H]2CNC[C@@H](CO)O2)c(=O)n1. The fourth-order valence-electron chi connectivity index (χ4n) is 1.60. The van der Waals surface area contributed by atoms with Crippen molar-refractivity contribution in [3.63, 3.8) is 0 Å². The molecule has 2 heterocycles. The van der Waals surface area contributed by atoms with Crippen molar-refractivity contribution in [1.82, 2.24) is 14.9 Å². The zero-order valence-corrected chi connectivity index (χ0v) is 8.67. The van der Waals surface area contributed by atoms with E-state index in [4.69, 9.17) is 15.6 Å². The molecule has 0 radical (unpaired) electrons. The van der Waals surface area contributed by atoms with E-state index in [1.165, 1.54) is 16.8 Å². The first-order chi connectivity index (χ1) is 7.70. The van der Waals surface area contributed by atoms with Crippen LogP contribution in [0.5, 0.6) is 0 Å². The molecule has 0 bridgehead atoms. The molecule has 0 aliphatic carbocycles. The molecule has 2 rings (SSSR count). The van der Waals surface area contributed by atoms with Gasteiger partial charge in [0.15, 0.2) is 6.23 Å². The first kappa shape index (κ1) is 11.1. The van der Waals surface area contributed by atoms with Gasteiger partial charge in [0.05, 0.1) is 12.7 Å². The Labute approximate surface area is 91.9 Å². The summed E-state index contributed by atoms with van der Waals surface area (Å²) >= 11 is 0. The number of nitrogen functional groups attached to an aromatic ring is 1. The van der Waals surface area contributed by atoms with Crippen molar-refractivity contribution in [2.24, 2.45) is 0 Å². The molecule has 16 heavy (non-hydrogen) atoms. The summed E-state index contributed by atoms with van der Waals surface area (Å²) in [4.78, 5) is 15.2. The number of nitrogens with two attached hydrogens (primary N) is 1. The van der Waals surface area contributed by atoms with Crippen LogP contribution in [0.1, 0.15) is 6.23 Å². The first-order valence-electron chi connectivity index (χ1n) is 5.02. The van der Waals surface area contributed by atoms with Crippen LogP contribution in [0.4, 0.5) is 5.82 Å². The molecule has 0 saturated carbocycles. The zero-order chi connectivity index (χ0) is 11.5. The van der Waals surface area contributed by atoms with E-state index < -0.39 is 11.9 Å². The molecule has 7 nitrogen and oxygen atoms in total. The summed E-state index contributed by atoms with van der Waals surface area (Å²) in [5.41, 5.74) is 4.94. The minimum absolute atomic E-state index is 0.0827. The third-order valence-electron chi connectivity index (χ3n) is 2.41. The second-order valence-electron chi connectivity index (χ2n) is 3.60. The molecule has 1 fully saturated rings. The summed E-state index contributed by atoms with van der Waals surface area (Å²) < 4.78 is 6.86. The molecule has 1 aliphatic heterocycles. The molecule has 2 atom stereocenters. The Morgan fingerprint density at radius 1 is 1.69 bits per heavy atom. The van der Waals surface area contributed by atoms with Crippen molar-refractivity contribution in [2.75, 3.05) is 25.4 Å². The lowest BCUT2D eigenvalue weighted by Crippen LogP contribution is -2.46. The standard InChI is InChI=1S/C9H14N4O3/c10-7-1-2-13(9(15)12-7)8-4-11-3-6(5-14)16-8/h1-2,6,8,11,14H,3-5H2,(H2,10,12,15)/t6-,8+/m0/s1. The van der Waals surface area contributed by atoms with Gasteiger partial charge in [-0.3, -0.25) is 4.57 Å². The number of ether oxygens (including phenoxy) is 1. The van der Waals surface area contributed by atoms with Gasteiger partial charge in [0.2, 0.25) is 0 Å². The second kappa shape index (κ2) is 4.60. The average molecular weight is 226 g/mol. The van der Waals surface area contributed by atoms with Gasteiger partial charge >= 0.3 is 5.69 Å². The number of aliphatic hydroxyl groups is 1. The summed E-state index contributed by atoms with van der Waals surface area (Å²) in [7, 11) is 0. The number of nitrogens with one attached hydrogen (secondary N) is 1. The molecule has 1 saturated heterocycles. The predicted molar refractivity (Wildman–Crippen MR) is 56.8 cm³/mol. The first-order valence-corrected chi connectivity index (χ1v) is 5.02. The van der Waals surface area contributed by atoms with Crippen LogP contribution in [0.2, 0.25) is 0 Å². The van der Waals surface area contributed by atoms with Crippen molar-refractivity contribution in [3.05, 3.63) is 22.7 Å². The van der Waals surface area contributed by atoms with Crippen molar-refractivity contribution in [2.45, 2.75) is 12.3 Å². The minimum atomic E-state index is -0.453. The Hall–Kier alpha value is -1.44. The van der Waals surface area contributed by atoms with E-state index >= 15 is 0 Å². The highest BCUT2D eigenvalue weighted by molar-refractivity contribution is 5.23. The Kier molecular flexibility index (Phi) is 3.18. The van der Waals surface area contributed by atoms with Gasteiger partial charge in [-0.25, -0.2) is 4.79 Å². The molecule has 88 valence electrons. The smallest absolute Gasteiger partial charge is 0.351 e. The maximum atomic E-state index is 11.5. The molecule has 0 aromatic carbocycles. The van der Waals surface area contributed by atoms with Gasteiger partial charge in [-0.2, -0.15) is 4.98 Å². The Balaban J connectivity index is 2.20. The molecule has 7 heteroatoms. The summed E-state index contributed by atoms with van der Waals surface area (Å²) in [6, 6.07) is 1.54. The monoisotopic (exact) mass is 226 g/mol. The number of rotatable bonds is 2. The van der Waals surface area contributed by atoms with Crippen LogP contribution in [-0.4, -0.2) is 40.5 Å². The minimum Gasteiger partial charge on any atom is -0.394 e. The fraction of sp³-hybridized carbons (Fsp3) is 0.556. The van der Waals surface area contributed by atoms with Crippen LogP contribution in [0.15, 0.2) is 17.1 Å². The van der Waals surface area contributed by atoms with Gasteiger partial charge in [-0.15, -0.1) is 0 Å². The van der Waals surface area contributed by atoms with E-state index in [9.17, 15) is 4.79 Å². The Morgan fingerprint density at radius 2 is 2.50 bits per heavy atom. The number of hydrogen-bond donors (Lipinski definition) is 3. The number of aromatic nitrogens is 2. The Bertz CT molecular complexity index is 419. The number of hydrogen-bond acceptors (Lipinski definition) is 6. The van der Waals surface area contributed by atoms with E-state index in [1.54, 1.807) is 0 Å². The maximum absolute atomic E-state index is 11.5. The van der Waals surface area contributed by atoms with E-state index in [0.717, 1.165) is 0 Å². The quantitative estimate of drug-likeness (QED) is 0.556. The van der Waals surface area contributed by atoms with Crippen molar-refractivity contribution >= 4 is 5.82 Å².